The van der Waals surface area contributed by atoms with Gasteiger partial charge in [-0.1, -0.05) is 22.9 Å². The molecule has 1 N–H and O–H groups in total. The molecule has 1 aliphatic carbocycles. The Kier molecular flexibility index (Phi) is 4.62. The van der Waals surface area contributed by atoms with Gasteiger partial charge in [-0.05, 0) is 43.7 Å². The second kappa shape index (κ2) is 6.01. The maximum absolute atomic E-state index is 11.9. The summed E-state index contributed by atoms with van der Waals surface area (Å²) in [6, 6.07) is 2.08. The normalized spacial score (nSPS) is 15.6. The molecule has 0 radical (unpaired) electrons. The molecule has 1 atom stereocenters. The lowest BCUT2D eigenvalue weighted by Crippen LogP contribution is -2.23. The molecule has 1 amide bonds. The van der Waals surface area contributed by atoms with Crippen molar-refractivity contribution in [1.29, 1.82) is 0 Å². The Morgan fingerprint density at radius 3 is 3.12 bits per heavy atom. The first-order chi connectivity index (χ1) is 8.16. The van der Waals surface area contributed by atoms with Crippen molar-refractivity contribution in [2.24, 2.45) is 0 Å². The Morgan fingerprint density at radius 1 is 1.59 bits per heavy atom. The summed E-state index contributed by atoms with van der Waals surface area (Å²) in [5.41, 5.74) is 1.40. The molecule has 1 unspecified atom stereocenters. The quantitative estimate of drug-likeness (QED) is 0.653. The van der Waals surface area contributed by atoms with Gasteiger partial charge >= 0.3 is 0 Å². The highest BCUT2D eigenvalue weighted by molar-refractivity contribution is 9.09. The van der Waals surface area contributed by atoms with Crippen LogP contribution in [0.15, 0.2) is 6.07 Å². The molecular formula is C13H18BrNOS. The lowest BCUT2D eigenvalue weighted by atomic mass is 10.2. The number of carbonyl (C=O) groups is 1. The van der Waals surface area contributed by atoms with Gasteiger partial charge in [0.1, 0.15) is 0 Å². The van der Waals surface area contributed by atoms with Gasteiger partial charge in [0, 0.05) is 16.2 Å². The fourth-order valence-corrected chi connectivity index (χ4v) is 3.61. The molecule has 0 aromatic carbocycles. The number of fused-ring (bicyclic) bond motifs is 1. The first kappa shape index (κ1) is 13.1. The van der Waals surface area contributed by atoms with Gasteiger partial charge in [-0.25, -0.2) is 0 Å². The first-order valence-corrected chi connectivity index (χ1v) is 7.94. The topological polar surface area (TPSA) is 29.1 Å². The molecule has 0 fully saturated rings. The van der Waals surface area contributed by atoms with Crippen LogP contribution < -0.4 is 5.32 Å². The van der Waals surface area contributed by atoms with Crippen LogP contribution in [0.2, 0.25) is 0 Å². The van der Waals surface area contributed by atoms with Crippen LogP contribution in [0.25, 0.3) is 0 Å². The van der Waals surface area contributed by atoms with Crippen molar-refractivity contribution in [3.63, 3.8) is 0 Å². The number of hydrogen-bond donors (Lipinski definition) is 1. The van der Waals surface area contributed by atoms with Crippen molar-refractivity contribution in [2.45, 2.75) is 43.9 Å². The average Bonchev–Trinajstić information content (AvgIpc) is 2.83. The highest BCUT2D eigenvalue weighted by Crippen LogP contribution is 2.30. The van der Waals surface area contributed by atoms with Crippen molar-refractivity contribution in [3.8, 4) is 0 Å². The highest BCUT2D eigenvalue weighted by atomic mass is 79.9. The van der Waals surface area contributed by atoms with Crippen LogP contribution in [0.5, 0.6) is 0 Å². The molecule has 2 nitrogen and oxygen atoms in total. The Morgan fingerprint density at radius 2 is 2.41 bits per heavy atom. The van der Waals surface area contributed by atoms with Crippen LogP contribution in [0.4, 0.5) is 0 Å². The van der Waals surface area contributed by atoms with E-state index in [9.17, 15) is 4.79 Å². The predicted octanol–water partition coefficient (Wildman–Crippen LogP) is 3.53. The average molecular weight is 316 g/mol. The monoisotopic (exact) mass is 315 g/mol. The molecule has 0 saturated carbocycles. The smallest absolute Gasteiger partial charge is 0.261 e. The summed E-state index contributed by atoms with van der Waals surface area (Å²) in [6.45, 7) is 2.91. The van der Waals surface area contributed by atoms with Gasteiger partial charge in [-0.2, -0.15) is 0 Å². The molecule has 0 spiro atoms. The minimum Gasteiger partial charge on any atom is -0.351 e. The molecule has 1 aromatic heterocycles. The van der Waals surface area contributed by atoms with Crippen LogP contribution in [-0.4, -0.2) is 17.3 Å². The number of rotatable bonds is 5. The third kappa shape index (κ3) is 3.55. The van der Waals surface area contributed by atoms with E-state index in [4.69, 9.17) is 0 Å². The standard InChI is InChI=1S/C13H18BrNOS/c1-9(14)4-3-7-15-13(16)12-8-10-5-2-6-11(10)17-12/h8-9H,2-7H2,1H3,(H,15,16). The summed E-state index contributed by atoms with van der Waals surface area (Å²) in [5, 5.41) is 2.99. The molecule has 0 bridgehead atoms. The number of aryl methyl sites for hydroxylation is 2. The van der Waals surface area contributed by atoms with Gasteiger partial charge in [0.25, 0.3) is 5.91 Å². The van der Waals surface area contributed by atoms with Crippen molar-refractivity contribution in [2.75, 3.05) is 6.54 Å². The Balaban J connectivity index is 1.79. The molecular weight excluding hydrogens is 298 g/mol. The van der Waals surface area contributed by atoms with Crippen LogP contribution in [0, 0.1) is 0 Å². The fraction of sp³-hybridized carbons (Fsp3) is 0.615. The maximum atomic E-state index is 11.9. The van der Waals surface area contributed by atoms with Crippen LogP contribution in [0.1, 0.15) is 46.3 Å². The zero-order valence-electron chi connectivity index (χ0n) is 10.1. The van der Waals surface area contributed by atoms with Gasteiger partial charge in [0.2, 0.25) is 0 Å². The second-order valence-electron chi connectivity index (χ2n) is 4.59. The van der Waals surface area contributed by atoms with E-state index in [1.165, 1.54) is 16.9 Å². The summed E-state index contributed by atoms with van der Waals surface area (Å²) in [7, 11) is 0. The summed E-state index contributed by atoms with van der Waals surface area (Å²) in [5.74, 6) is 0.103. The third-order valence-corrected chi connectivity index (χ3v) is 4.73. The lowest BCUT2D eigenvalue weighted by Gasteiger charge is -2.04. The van der Waals surface area contributed by atoms with Crippen LogP contribution in [-0.2, 0) is 12.8 Å². The van der Waals surface area contributed by atoms with Crippen LogP contribution in [0.3, 0.4) is 0 Å². The number of nitrogens with one attached hydrogen (secondary N) is 1. The van der Waals surface area contributed by atoms with E-state index in [-0.39, 0.29) is 5.91 Å². The third-order valence-electron chi connectivity index (χ3n) is 3.03. The Bertz CT molecular complexity index is 379. The molecule has 17 heavy (non-hydrogen) atoms. The largest absolute Gasteiger partial charge is 0.351 e. The maximum Gasteiger partial charge on any atom is 0.261 e. The van der Waals surface area contributed by atoms with Gasteiger partial charge in [-0.15, -0.1) is 11.3 Å². The van der Waals surface area contributed by atoms with E-state index in [0.717, 1.165) is 37.1 Å². The van der Waals surface area contributed by atoms with Gasteiger partial charge in [0.15, 0.2) is 0 Å². The molecule has 4 heteroatoms. The number of hydrogen-bond acceptors (Lipinski definition) is 2. The summed E-state index contributed by atoms with van der Waals surface area (Å²) in [4.78, 5) is 14.7. The van der Waals surface area contributed by atoms with Gasteiger partial charge in [0.05, 0.1) is 4.88 Å². The Labute approximate surface area is 115 Å². The molecule has 1 heterocycles. The molecule has 2 rings (SSSR count). The Hall–Kier alpha value is -0.350. The summed E-state index contributed by atoms with van der Waals surface area (Å²) in [6.07, 6.45) is 5.70. The van der Waals surface area contributed by atoms with Crippen molar-refractivity contribution < 1.29 is 4.79 Å². The fourth-order valence-electron chi connectivity index (χ4n) is 2.11. The number of thiophene rings is 1. The van der Waals surface area contributed by atoms with Gasteiger partial charge in [-0.3, -0.25) is 4.79 Å². The zero-order valence-corrected chi connectivity index (χ0v) is 12.5. The van der Waals surface area contributed by atoms with E-state index >= 15 is 0 Å². The minimum absolute atomic E-state index is 0.103. The van der Waals surface area contributed by atoms with E-state index in [1.54, 1.807) is 11.3 Å². The number of amides is 1. The highest BCUT2D eigenvalue weighted by Gasteiger charge is 2.17. The van der Waals surface area contributed by atoms with E-state index in [2.05, 4.69) is 34.2 Å². The number of alkyl halides is 1. The predicted molar refractivity (Wildman–Crippen MR) is 76.3 cm³/mol. The zero-order chi connectivity index (χ0) is 12.3. The van der Waals surface area contributed by atoms with Crippen molar-refractivity contribution in [3.05, 3.63) is 21.4 Å². The first-order valence-electron chi connectivity index (χ1n) is 6.20. The van der Waals surface area contributed by atoms with E-state index < -0.39 is 0 Å². The molecule has 0 aliphatic heterocycles. The molecule has 94 valence electrons. The number of carbonyl (C=O) groups excluding carboxylic acids is 1. The van der Waals surface area contributed by atoms with Crippen molar-refractivity contribution >= 4 is 33.2 Å². The summed E-state index contributed by atoms with van der Waals surface area (Å²) >= 11 is 5.18. The SMILES string of the molecule is CC(Br)CCCNC(=O)c1cc2c(s1)CCC2. The summed E-state index contributed by atoms with van der Waals surface area (Å²) < 4.78 is 0. The molecule has 1 aromatic rings. The van der Waals surface area contributed by atoms with Crippen molar-refractivity contribution in [1.82, 2.24) is 5.32 Å². The lowest BCUT2D eigenvalue weighted by molar-refractivity contribution is 0.0957. The molecule has 0 saturated heterocycles. The van der Waals surface area contributed by atoms with E-state index in [1.807, 2.05) is 0 Å². The minimum atomic E-state index is 0.103. The molecule has 1 aliphatic rings. The second-order valence-corrected chi connectivity index (χ2v) is 7.29. The van der Waals surface area contributed by atoms with E-state index in [0.29, 0.717) is 4.83 Å². The van der Waals surface area contributed by atoms with Crippen LogP contribution >= 0.6 is 27.3 Å². The van der Waals surface area contributed by atoms with Gasteiger partial charge < -0.3 is 5.32 Å². The number of halogens is 1.